The maximum Gasteiger partial charge on any atom is 0.0483 e. The third-order valence-electron chi connectivity index (χ3n) is 2.93. The smallest absolute Gasteiger partial charge is 0.0483 e. The van der Waals surface area contributed by atoms with Gasteiger partial charge in [-0.05, 0) is 37.0 Å². The number of hydrogen-bond acceptors (Lipinski definition) is 2. The SMILES string of the molecule is Cl.NC1(Cc2cccc(Br)c2)CCOCC1. The van der Waals surface area contributed by atoms with Crippen LogP contribution in [0.15, 0.2) is 28.7 Å². The van der Waals surface area contributed by atoms with Gasteiger partial charge in [0.25, 0.3) is 0 Å². The van der Waals surface area contributed by atoms with Gasteiger partial charge in [0, 0.05) is 23.2 Å². The maximum atomic E-state index is 6.35. The Morgan fingerprint density at radius 2 is 2.00 bits per heavy atom. The van der Waals surface area contributed by atoms with Gasteiger partial charge >= 0.3 is 0 Å². The molecule has 90 valence electrons. The van der Waals surface area contributed by atoms with Gasteiger partial charge in [0.2, 0.25) is 0 Å². The molecule has 2 nitrogen and oxygen atoms in total. The highest BCUT2D eigenvalue weighted by Gasteiger charge is 2.27. The highest BCUT2D eigenvalue weighted by Crippen LogP contribution is 2.23. The Morgan fingerprint density at radius 1 is 1.31 bits per heavy atom. The van der Waals surface area contributed by atoms with Crippen LogP contribution in [-0.4, -0.2) is 18.8 Å². The van der Waals surface area contributed by atoms with Crippen molar-refractivity contribution in [1.82, 2.24) is 0 Å². The van der Waals surface area contributed by atoms with E-state index in [2.05, 4.69) is 34.1 Å². The van der Waals surface area contributed by atoms with Gasteiger partial charge in [-0.15, -0.1) is 12.4 Å². The fourth-order valence-corrected chi connectivity index (χ4v) is 2.45. The van der Waals surface area contributed by atoms with E-state index in [-0.39, 0.29) is 17.9 Å². The summed E-state index contributed by atoms with van der Waals surface area (Å²) < 4.78 is 6.46. The molecule has 2 rings (SSSR count). The fraction of sp³-hybridized carbons (Fsp3) is 0.500. The third-order valence-corrected chi connectivity index (χ3v) is 3.43. The van der Waals surface area contributed by atoms with Crippen LogP contribution in [0.3, 0.4) is 0 Å². The van der Waals surface area contributed by atoms with Gasteiger partial charge in [-0.25, -0.2) is 0 Å². The van der Waals surface area contributed by atoms with Crippen LogP contribution < -0.4 is 5.73 Å². The van der Waals surface area contributed by atoms with E-state index in [1.54, 1.807) is 0 Å². The molecule has 1 aromatic rings. The van der Waals surface area contributed by atoms with Crippen LogP contribution in [-0.2, 0) is 11.2 Å². The van der Waals surface area contributed by atoms with Gasteiger partial charge in [-0.2, -0.15) is 0 Å². The van der Waals surface area contributed by atoms with Crippen LogP contribution in [0.25, 0.3) is 0 Å². The summed E-state index contributed by atoms with van der Waals surface area (Å²) in [6.07, 6.45) is 2.86. The molecule has 0 saturated carbocycles. The van der Waals surface area contributed by atoms with Gasteiger partial charge in [0.15, 0.2) is 0 Å². The van der Waals surface area contributed by atoms with Crippen molar-refractivity contribution in [2.24, 2.45) is 5.73 Å². The van der Waals surface area contributed by atoms with E-state index in [1.165, 1.54) is 5.56 Å². The molecule has 4 heteroatoms. The zero-order valence-electron chi connectivity index (χ0n) is 9.12. The number of nitrogens with two attached hydrogens (primary N) is 1. The molecule has 0 radical (unpaired) electrons. The number of hydrogen-bond donors (Lipinski definition) is 1. The minimum absolute atomic E-state index is 0. The Morgan fingerprint density at radius 3 is 2.62 bits per heavy atom. The quantitative estimate of drug-likeness (QED) is 0.912. The van der Waals surface area contributed by atoms with Crippen LogP contribution >= 0.6 is 28.3 Å². The summed E-state index contributed by atoms with van der Waals surface area (Å²) in [4.78, 5) is 0. The Balaban J connectivity index is 0.00000128. The molecule has 1 saturated heterocycles. The molecule has 2 N–H and O–H groups in total. The van der Waals surface area contributed by atoms with Crippen LogP contribution in [0.4, 0.5) is 0 Å². The monoisotopic (exact) mass is 305 g/mol. The average molecular weight is 307 g/mol. The number of halogens is 2. The molecule has 0 amide bonds. The highest BCUT2D eigenvalue weighted by atomic mass is 79.9. The van der Waals surface area contributed by atoms with Crippen molar-refractivity contribution in [3.8, 4) is 0 Å². The first-order valence-electron chi connectivity index (χ1n) is 5.29. The Bertz CT molecular complexity index is 340. The molecule has 1 heterocycles. The van der Waals surface area contributed by atoms with Crippen molar-refractivity contribution in [3.05, 3.63) is 34.3 Å². The molecule has 1 aromatic carbocycles. The summed E-state index contributed by atoms with van der Waals surface area (Å²) in [6, 6.07) is 8.37. The number of ether oxygens (including phenoxy) is 1. The standard InChI is InChI=1S/C12H16BrNO.ClH/c13-11-3-1-2-10(8-11)9-12(14)4-6-15-7-5-12;/h1-3,8H,4-7,9,14H2;1H. The van der Waals surface area contributed by atoms with Crippen LogP contribution in [0.1, 0.15) is 18.4 Å². The third kappa shape index (κ3) is 3.74. The molecule has 0 bridgehead atoms. The summed E-state index contributed by atoms with van der Waals surface area (Å²) in [5.41, 5.74) is 7.58. The molecular formula is C12H17BrClNO. The normalized spacial score (nSPS) is 18.9. The van der Waals surface area contributed by atoms with Crippen molar-refractivity contribution >= 4 is 28.3 Å². The highest BCUT2D eigenvalue weighted by molar-refractivity contribution is 9.10. The summed E-state index contributed by atoms with van der Waals surface area (Å²) in [6.45, 7) is 1.59. The van der Waals surface area contributed by atoms with Gasteiger partial charge in [0.1, 0.15) is 0 Å². The maximum absolute atomic E-state index is 6.35. The molecule has 0 spiro atoms. The lowest BCUT2D eigenvalue weighted by molar-refractivity contribution is 0.0533. The summed E-state index contributed by atoms with van der Waals surface area (Å²) in [5, 5.41) is 0. The van der Waals surface area contributed by atoms with Gasteiger partial charge in [-0.3, -0.25) is 0 Å². The first-order valence-corrected chi connectivity index (χ1v) is 6.08. The number of rotatable bonds is 2. The second-order valence-electron chi connectivity index (χ2n) is 4.28. The predicted molar refractivity (Wildman–Crippen MR) is 72.1 cm³/mol. The summed E-state index contributed by atoms with van der Waals surface area (Å²) in [7, 11) is 0. The van der Waals surface area contributed by atoms with Gasteiger partial charge < -0.3 is 10.5 Å². The molecule has 1 aliphatic rings. The average Bonchev–Trinajstić information content (AvgIpc) is 2.18. The van der Waals surface area contributed by atoms with E-state index in [9.17, 15) is 0 Å². The Kier molecular flexibility index (Phi) is 5.25. The Labute approximate surface area is 111 Å². The van der Waals surface area contributed by atoms with Gasteiger partial charge in [-0.1, -0.05) is 28.1 Å². The largest absolute Gasteiger partial charge is 0.381 e. The first kappa shape index (κ1) is 14.0. The van der Waals surface area contributed by atoms with E-state index in [4.69, 9.17) is 10.5 Å². The summed E-state index contributed by atoms with van der Waals surface area (Å²) in [5.74, 6) is 0. The van der Waals surface area contributed by atoms with Crippen LogP contribution in [0.2, 0.25) is 0 Å². The van der Waals surface area contributed by atoms with Crippen LogP contribution in [0, 0.1) is 0 Å². The predicted octanol–water partition coefficient (Wildman–Crippen LogP) is 2.92. The Hall–Kier alpha value is -0.0900. The summed E-state index contributed by atoms with van der Waals surface area (Å²) >= 11 is 3.48. The number of benzene rings is 1. The molecule has 16 heavy (non-hydrogen) atoms. The molecule has 0 aliphatic carbocycles. The zero-order chi connectivity index (χ0) is 10.7. The first-order chi connectivity index (χ1) is 7.18. The van der Waals surface area contributed by atoms with Crippen molar-refractivity contribution in [2.45, 2.75) is 24.8 Å². The lowest BCUT2D eigenvalue weighted by atomic mass is 9.85. The molecule has 1 aliphatic heterocycles. The second kappa shape index (κ2) is 6.01. The lowest BCUT2D eigenvalue weighted by Crippen LogP contribution is -2.46. The van der Waals surface area contributed by atoms with Crippen LogP contribution in [0.5, 0.6) is 0 Å². The van der Waals surface area contributed by atoms with E-state index in [1.807, 2.05) is 6.07 Å². The molecular weight excluding hydrogens is 289 g/mol. The van der Waals surface area contributed by atoms with Crippen molar-refractivity contribution in [2.75, 3.05) is 13.2 Å². The molecule has 0 aromatic heterocycles. The minimum atomic E-state index is -0.0704. The van der Waals surface area contributed by atoms with E-state index < -0.39 is 0 Å². The topological polar surface area (TPSA) is 35.2 Å². The minimum Gasteiger partial charge on any atom is -0.381 e. The van der Waals surface area contributed by atoms with Crippen molar-refractivity contribution < 1.29 is 4.74 Å². The zero-order valence-corrected chi connectivity index (χ0v) is 11.5. The van der Waals surface area contributed by atoms with E-state index >= 15 is 0 Å². The van der Waals surface area contributed by atoms with E-state index in [0.29, 0.717) is 0 Å². The molecule has 0 atom stereocenters. The fourth-order valence-electron chi connectivity index (χ4n) is 2.01. The second-order valence-corrected chi connectivity index (χ2v) is 5.20. The van der Waals surface area contributed by atoms with E-state index in [0.717, 1.165) is 36.9 Å². The van der Waals surface area contributed by atoms with Crippen molar-refractivity contribution in [1.29, 1.82) is 0 Å². The molecule has 1 fully saturated rings. The van der Waals surface area contributed by atoms with Crippen molar-refractivity contribution in [3.63, 3.8) is 0 Å². The molecule has 0 unspecified atom stereocenters. The van der Waals surface area contributed by atoms with Gasteiger partial charge in [0.05, 0.1) is 0 Å². The lowest BCUT2D eigenvalue weighted by Gasteiger charge is -2.33.